The second-order valence-corrected chi connectivity index (χ2v) is 4.85. The van der Waals surface area contributed by atoms with E-state index in [1.165, 1.54) is 5.56 Å². The van der Waals surface area contributed by atoms with Crippen molar-refractivity contribution in [1.82, 2.24) is 10.2 Å². The number of nitrogens with zero attached hydrogens (tertiary/aromatic N) is 2. The molecule has 0 radical (unpaired) electrons. The summed E-state index contributed by atoms with van der Waals surface area (Å²) < 4.78 is 11.0. The first-order valence-electron chi connectivity index (χ1n) is 6.95. The van der Waals surface area contributed by atoms with Gasteiger partial charge in [0.25, 0.3) is 0 Å². The van der Waals surface area contributed by atoms with Crippen molar-refractivity contribution >= 4 is 6.01 Å². The van der Waals surface area contributed by atoms with Crippen LogP contribution >= 0.6 is 0 Å². The van der Waals surface area contributed by atoms with E-state index >= 15 is 0 Å². The molecule has 0 saturated heterocycles. The number of hydrogen-bond donors (Lipinski definition) is 1. The molecule has 3 rings (SSSR count). The van der Waals surface area contributed by atoms with Crippen LogP contribution in [0.15, 0.2) is 51.3 Å². The Hall–Kier alpha value is -2.56. The third-order valence-corrected chi connectivity index (χ3v) is 3.15. The van der Waals surface area contributed by atoms with Crippen molar-refractivity contribution in [3.8, 4) is 0 Å². The van der Waals surface area contributed by atoms with E-state index in [0.29, 0.717) is 18.5 Å². The first-order chi connectivity index (χ1) is 10.3. The van der Waals surface area contributed by atoms with Crippen LogP contribution in [0.2, 0.25) is 0 Å². The summed E-state index contributed by atoms with van der Waals surface area (Å²) in [5.41, 5.74) is 1.26. The van der Waals surface area contributed by atoms with Gasteiger partial charge in [0.15, 0.2) is 0 Å². The number of aromatic nitrogens is 2. The van der Waals surface area contributed by atoms with E-state index in [0.717, 1.165) is 24.4 Å². The highest BCUT2D eigenvalue weighted by Crippen LogP contribution is 2.12. The first kappa shape index (κ1) is 13.4. The van der Waals surface area contributed by atoms with Crippen LogP contribution in [0.1, 0.15) is 23.0 Å². The summed E-state index contributed by atoms with van der Waals surface area (Å²) in [4.78, 5) is 0. The lowest BCUT2D eigenvalue weighted by Gasteiger charge is -1.98. The Bertz CT molecular complexity index is 688. The van der Waals surface area contributed by atoms with Gasteiger partial charge in [-0.1, -0.05) is 35.4 Å². The summed E-state index contributed by atoms with van der Waals surface area (Å²) in [7, 11) is 0. The highest BCUT2D eigenvalue weighted by Gasteiger charge is 2.07. The minimum Gasteiger partial charge on any atom is -0.465 e. The fourth-order valence-corrected chi connectivity index (χ4v) is 2.06. The number of aryl methyl sites for hydroxylation is 3. The Balaban J connectivity index is 1.51. The molecule has 0 amide bonds. The van der Waals surface area contributed by atoms with E-state index in [1.54, 1.807) is 0 Å². The zero-order valence-electron chi connectivity index (χ0n) is 11.9. The lowest BCUT2D eigenvalue weighted by atomic mass is 10.1. The van der Waals surface area contributed by atoms with E-state index in [2.05, 4.69) is 27.6 Å². The SMILES string of the molecule is Cc1ccc(CNc2nnc(CCc3ccccc3)o2)o1. The summed E-state index contributed by atoms with van der Waals surface area (Å²) >= 11 is 0. The molecular formula is C16H17N3O2. The summed E-state index contributed by atoms with van der Waals surface area (Å²) in [5.74, 6) is 2.37. The standard InChI is InChI=1S/C16H17N3O2/c1-12-7-9-14(20-12)11-17-16-19-18-15(21-16)10-8-13-5-3-2-4-6-13/h2-7,9H,8,10-11H2,1H3,(H,17,19). The van der Waals surface area contributed by atoms with Crippen LogP contribution in [0.25, 0.3) is 0 Å². The second-order valence-electron chi connectivity index (χ2n) is 4.85. The molecule has 108 valence electrons. The van der Waals surface area contributed by atoms with Crippen molar-refractivity contribution in [3.05, 3.63) is 65.4 Å². The van der Waals surface area contributed by atoms with Gasteiger partial charge in [-0.05, 0) is 31.0 Å². The van der Waals surface area contributed by atoms with Crippen LogP contribution in [-0.2, 0) is 19.4 Å². The summed E-state index contributed by atoms with van der Waals surface area (Å²) in [6, 6.07) is 14.5. The van der Waals surface area contributed by atoms with Crippen LogP contribution in [0, 0.1) is 6.92 Å². The van der Waals surface area contributed by atoms with Crippen LogP contribution < -0.4 is 5.32 Å². The maximum atomic E-state index is 5.56. The maximum Gasteiger partial charge on any atom is 0.315 e. The normalized spacial score (nSPS) is 10.7. The Kier molecular flexibility index (Phi) is 4.00. The lowest BCUT2D eigenvalue weighted by Crippen LogP contribution is -1.97. The van der Waals surface area contributed by atoms with E-state index in [9.17, 15) is 0 Å². The third-order valence-electron chi connectivity index (χ3n) is 3.15. The molecule has 5 heteroatoms. The molecule has 0 aliphatic heterocycles. The first-order valence-corrected chi connectivity index (χ1v) is 6.95. The van der Waals surface area contributed by atoms with Crippen molar-refractivity contribution in [2.75, 3.05) is 5.32 Å². The topological polar surface area (TPSA) is 64.1 Å². The summed E-state index contributed by atoms with van der Waals surface area (Å²) in [6.45, 7) is 2.45. The Morgan fingerprint density at radius 1 is 0.952 bits per heavy atom. The van der Waals surface area contributed by atoms with Gasteiger partial charge in [-0.2, -0.15) is 0 Å². The zero-order valence-corrected chi connectivity index (χ0v) is 11.9. The molecule has 0 atom stereocenters. The zero-order chi connectivity index (χ0) is 14.5. The molecule has 5 nitrogen and oxygen atoms in total. The van der Waals surface area contributed by atoms with Crippen LogP contribution in [0.3, 0.4) is 0 Å². The summed E-state index contributed by atoms with van der Waals surface area (Å²) in [5, 5.41) is 11.1. The van der Waals surface area contributed by atoms with Gasteiger partial charge in [0.1, 0.15) is 11.5 Å². The Labute approximate surface area is 123 Å². The smallest absolute Gasteiger partial charge is 0.315 e. The number of anilines is 1. The van der Waals surface area contributed by atoms with Gasteiger partial charge in [-0.15, -0.1) is 5.10 Å². The lowest BCUT2D eigenvalue weighted by molar-refractivity contribution is 0.478. The van der Waals surface area contributed by atoms with E-state index < -0.39 is 0 Å². The molecule has 21 heavy (non-hydrogen) atoms. The number of nitrogens with one attached hydrogen (secondary N) is 1. The fraction of sp³-hybridized carbons (Fsp3) is 0.250. The molecule has 1 aromatic carbocycles. The van der Waals surface area contributed by atoms with Crippen molar-refractivity contribution < 1.29 is 8.83 Å². The van der Waals surface area contributed by atoms with Crippen molar-refractivity contribution in [2.45, 2.75) is 26.3 Å². The molecule has 1 N–H and O–H groups in total. The molecule has 2 heterocycles. The Morgan fingerprint density at radius 3 is 2.57 bits per heavy atom. The average Bonchev–Trinajstić information content (AvgIpc) is 3.13. The predicted molar refractivity (Wildman–Crippen MR) is 78.9 cm³/mol. The Morgan fingerprint density at radius 2 is 1.81 bits per heavy atom. The van der Waals surface area contributed by atoms with E-state index in [1.807, 2.05) is 37.3 Å². The van der Waals surface area contributed by atoms with Gasteiger partial charge in [0.05, 0.1) is 6.54 Å². The average molecular weight is 283 g/mol. The summed E-state index contributed by atoms with van der Waals surface area (Å²) in [6.07, 6.45) is 1.62. The van der Waals surface area contributed by atoms with Gasteiger partial charge < -0.3 is 14.2 Å². The van der Waals surface area contributed by atoms with Gasteiger partial charge in [0.2, 0.25) is 5.89 Å². The van der Waals surface area contributed by atoms with Crippen molar-refractivity contribution in [3.63, 3.8) is 0 Å². The third kappa shape index (κ3) is 3.72. The number of furan rings is 1. The fourth-order valence-electron chi connectivity index (χ4n) is 2.06. The minimum atomic E-state index is 0.423. The minimum absolute atomic E-state index is 0.423. The second kappa shape index (κ2) is 6.26. The molecule has 0 saturated carbocycles. The van der Waals surface area contributed by atoms with Gasteiger partial charge >= 0.3 is 6.01 Å². The van der Waals surface area contributed by atoms with Crippen LogP contribution in [-0.4, -0.2) is 10.2 Å². The monoisotopic (exact) mass is 283 g/mol. The number of hydrogen-bond acceptors (Lipinski definition) is 5. The van der Waals surface area contributed by atoms with Crippen molar-refractivity contribution in [2.24, 2.45) is 0 Å². The maximum absolute atomic E-state index is 5.56. The molecule has 0 aliphatic rings. The van der Waals surface area contributed by atoms with Gasteiger partial charge in [0, 0.05) is 6.42 Å². The highest BCUT2D eigenvalue weighted by molar-refractivity contribution is 5.20. The molecular weight excluding hydrogens is 266 g/mol. The molecule has 0 fully saturated rings. The molecule has 0 aliphatic carbocycles. The number of rotatable bonds is 6. The molecule has 0 spiro atoms. The predicted octanol–water partition coefficient (Wildman–Crippen LogP) is 3.37. The molecule has 0 unspecified atom stereocenters. The molecule has 3 aromatic rings. The highest BCUT2D eigenvalue weighted by atomic mass is 16.4. The molecule has 2 aromatic heterocycles. The van der Waals surface area contributed by atoms with Crippen LogP contribution in [0.4, 0.5) is 6.01 Å². The van der Waals surface area contributed by atoms with Crippen molar-refractivity contribution in [1.29, 1.82) is 0 Å². The van der Waals surface area contributed by atoms with Gasteiger partial charge in [-0.3, -0.25) is 0 Å². The van der Waals surface area contributed by atoms with E-state index in [4.69, 9.17) is 8.83 Å². The quantitative estimate of drug-likeness (QED) is 0.751. The van der Waals surface area contributed by atoms with E-state index in [-0.39, 0.29) is 0 Å². The van der Waals surface area contributed by atoms with Gasteiger partial charge in [-0.25, -0.2) is 0 Å². The number of benzene rings is 1. The largest absolute Gasteiger partial charge is 0.465 e. The molecule has 0 bridgehead atoms. The van der Waals surface area contributed by atoms with Crippen LogP contribution in [0.5, 0.6) is 0 Å².